The molecule has 6 rings (SSSR count). The lowest BCUT2D eigenvalue weighted by atomic mass is 10.0. The Morgan fingerprint density at radius 3 is 2.81 bits per heavy atom. The molecule has 1 aliphatic rings. The Hall–Kier alpha value is -4.70. The average Bonchev–Trinajstić information content (AvgIpc) is 3.35. The number of aromatic nitrogens is 6. The number of aromatic amines is 1. The van der Waals surface area contributed by atoms with Crippen molar-refractivity contribution < 1.29 is 9.53 Å². The van der Waals surface area contributed by atoms with Crippen LogP contribution in [0.1, 0.15) is 27.5 Å². The highest BCUT2D eigenvalue weighted by atomic mass is 16.5. The molecule has 0 bridgehead atoms. The third kappa shape index (κ3) is 4.14. The van der Waals surface area contributed by atoms with Crippen molar-refractivity contribution in [3.05, 3.63) is 84.3 Å². The summed E-state index contributed by atoms with van der Waals surface area (Å²) in [5, 5.41) is 6.39. The lowest BCUT2D eigenvalue weighted by molar-refractivity contribution is 0.00668. The second kappa shape index (κ2) is 9.16. The highest BCUT2D eigenvalue weighted by Crippen LogP contribution is 2.32. The number of carbonyl (C=O) groups excluding carboxylic acids is 1. The van der Waals surface area contributed by atoms with Gasteiger partial charge in [0.15, 0.2) is 5.65 Å². The van der Waals surface area contributed by atoms with E-state index < -0.39 is 0 Å². The van der Waals surface area contributed by atoms with Gasteiger partial charge in [-0.3, -0.25) is 9.78 Å². The number of nitrogens with one attached hydrogen (secondary N) is 3. The zero-order chi connectivity index (χ0) is 24.5. The first-order valence-corrected chi connectivity index (χ1v) is 11.5. The van der Waals surface area contributed by atoms with Crippen molar-refractivity contribution in [2.45, 2.75) is 12.8 Å². The van der Waals surface area contributed by atoms with Crippen LogP contribution in [-0.2, 0) is 4.74 Å². The summed E-state index contributed by atoms with van der Waals surface area (Å²) in [6, 6.07) is 13.0. The zero-order valence-electron chi connectivity index (χ0n) is 19.4. The topological polar surface area (TPSA) is 131 Å². The Balaban J connectivity index is 1.27. The molecule has 0 radical (unpaired) electrons. The maximum Gasteiger partial charge on any atom is 0.255 e. The molecule has 0 atom stereocenters. The molecule has 36 heavy (non-hydrogen) atoms. The van der Waals surface area contributed by atoms with Gasteiger partial charge < -0.3 is 20.4 Å². The average molecular weight is 479 g/mol. The van der Waals surface area contributed by atoms with E-state index in [0.29, 0.717) is 47.1 Å². The standard InChI is InChI=1S/C26H22N8O2/c1-15-4-5-18(33-26(35)16-6-8-27-21(9-16)17-11-36-12-17)10-20(15)34-24-19(3-2-7-28-24)22-23-25(31-13-29-22)32-14-30-23/h2-10,13-14,17H,11-12H2,1H3,(H,28,34)(H,33,35)(H,29,30,31,32). The molecule has 0 spiro atoms. The molecular weight excluding hydrogens is 456 g/mol. The molecule has 0 aliphatic carbocycles. The van der Waals surface area contributed by atoms with Gasteiger partial charge in [0.1, 0.15) is 23.4 Å². The number of pyridine rings is 2. The third-order valence-corrected chi connectivity index (χ3v) is 6.13. The second-order valence-corrected chi connectivity index (χ2v) is 8.53. The van der Waals surface area contributed by atoms with Gasteiger partial charge in [0.05, 0.1) is 19.5 Å². The number of nitrogens with zero attached hydrogens (tertiary/aromatic N) is 5. The van der Waals surface area contributed by atoms with Crippen LogP contribution in [-0.4, -0.2) is 49.0 Å². The summed E-state index contributed by atoms with van der Waals surface area (Å²) >= 11 is 0. The van der Waals surface area contributed by atoms with E-state index in [1.165, 1.54) is 6.33 Å². The van der Waals surface area contributed by atoms with E-state index in [0.717, 1.165) is 22.5 Å². The molecule has 1 aliphatic heterocycles. The minimum Gasteiger partial charge on any atom is -0.380 e. The van der Waals surface area contributed by atoms with Crippen molar-refractivity contribution in [1.82, 2.24) is 29.9 Å². The number of imidazole rings is 1. The van der Waals surface area contributed by atoms with Crippen molar-refractivity contribution in [3.8, 4) is 11.3 Å². The summed E-state index contributed by atoms with van der Waals surface area (Å²) in [6.45, 7) is 3.27. The van der Waals surface area contributed by atoms with Crippen LogP contribution in [0.2, 0.25) is 0 Å². The summed E-state index contributed by atoms with van der Waals surface area (Å²) in [6.07, 6.45) is 6.46. The maximum atomic E-state index is 13.0. The van der Waals surface area contributed by atoms with Crippen LogP contribution in [0.4, 0.5) is 17.2 Å². The van der Waals surface area contributed by atoms with Crippen LogP contribution in [0, 0.1) is 6.92 Å². The molecule has 178 valence electrons. The predicted octanol–water partition coefficient (Wildman–Crippen LogP) is 4.23. The van der Waals surface area contributed by atoms with E-state index in [2.05, 4.69) is 40.5 Å². The summed E-state index contributed by atoms with van der Waals surface area (Å²) in [5.41, 5.74) is 6.67. The Morgan fingerprint density at radius 2 is 1.94 bits per heavy atom. The fraction of sp³-hybridized carbons (Fsp3) is 0.154. The van der Waals surface area contributed by atoms with Crippen LogP contribution < -0.4 is 10.6 Å². The van der Waals surface area contributed by atoms with Gasteiger partial charge in [-0.2, -0.15) is 0 Å². The van der Waals surface area contributed by atoms with Crippen molar-refractivity contribution in [2.75, 3.05) is 23.8 Å². The summed E-state index contributed by atoms with van der Waals surface area (Å²) < 4.78 is 5.25. The minimum absolute atomic E-state index is 0.200. The normalized spacial score (nSPS) is 13.4. The number of ether oxygens (including phenoxy) is 1. The van der Waals surface area contributed by atoms with E-state index in [1.54, 1.807) is 24.8 Å². The summed E-state index contributed by atoms with van der Waals surface area (Å²) in [5.74, 6) is 0.667. The first-order chi connectivity index (χ1) is 17.7. The fourth-order valence-corrected chi connectivity index (χ4v) is 4.04. The zero-order valence-corrected chi connectivity index (χ0v) is 19.4. The lowest BCUT2D eigenvalue weighted by Gasteiger charge is -2.25. The molecule has 1 amide bonds. The van der Waals surface area contributed by atoms with Gasteiger partial charge in [0, 0.05) is 46.5 Å². The molecule has 0 saturated carbocycles. The first-order valence-electron chi connectivity index (χ1n) is 11.5. The van der Waals surface area contributed by atoms with Crippen LogP contribution in [0.5, 0.6) is 0 Å². The Bertz CT molecular complexity index is 1580. The first kappa shape index (κ1) is 21.8. The Kier molecular flexibility index (Phi) is 5.55. The number of H-pyrrole nitrogens is 1. The fourth-order valence-electron chi connectivity index (χ4n) is 4.04. The molecule has 3 N–H and O–H groups in total. The number of rotatable bonds is 6. The number of fused-ring (bicyclic) bond motifs is 1. The molecule has 4 aromatic heterocycles. The number of carbonyl (C=O) groups is 1. The summed E-state index contributed by atoms with van der Waals surface area (Å²) in [4.78, 5) is 37.9. The molecule has 5 heterocycles. The van der Waals surface area contributed by atoms with Crippen LogP contribution in [0.15, 0.2) is 67.5 Å². The highest BCUT2D eigenvalue weighted by molar-refractivity contribution is 6.04. The molecule has 5 aromatic rings. The van der Waals surface area contributed by atoms with Crippen LogP contribution >= 0.6 is 0 Å². The quantitative estimate of drug-likeness (QED) is 0.331. The van der Waals surface area contributed by atoms with E-state index in [9.17, 15) is 4.79 Å². The van der Waals surface area contributed by atoms with E-state index in [-0.39, 0.29) is 11.8 Å². The molecular formula is C26H22N8O2. The van der Waals surface area contributed by atoms with Crippen molar-refractivity contribution in [3.63, 3.8) is 0 Å². The smallest absolute Gasteiger partial charge is 0.255 e. The van der Waals surface area contributed by atoms with E-state index in [1.807, 2.05) is 43.3 Å². The van der Waals surface area contributed by atoms with Crippen LogP contribution in [0.25, 0.3) is 22.4 Å². The van der Waals surface area contributed by atoms with Gasteiger partial charge in [-0.25, -0.2) is 19.9 Å². The Labute approximate surface area is 206 Å². The van der Waals surface area contributed by atoms with Gasteiger partial charge in [0.2, 0.25) is 0 Å². The van der Waals surface area contributed by atoms with Crippen molar-refractivity contribution in [2.24, 2.45) is 0 Å². The number of hydrogen-bond acceptors (Lipinski definition) is 8. The second-order valence-electron chi connectivity index (χ2n) is 8.53. The van der Waals surface area contributed by atoms with E-state index >= 15 is 0 Å². The van der Waals surface area contributed by atoms with E-state index in [4.69, 9.17) is 4.74 Å². The maximum absolute atomic E-state index is 13.0. The SMILES string of the molecule is Cc1ccc(NC(=O)c2ccnc(C3COC3)c2)cc1Nc1ncccc1-c1ncnc2[nH]cnc12. The monoisotopic (exact) mass is 478 g/mol. The van der Waals surface area contributed by atoms with Gasteiger partial charge in [-0.1, -0.05) is 6.07 Å². The molecule has 10 nitrogen and oxygen atoms in total. The molecule has 10 heteroatoms. The van der Waals surface area contributed by atoms with Gasteiger partial charge in [0.25, 0.3) is 5.91 Å². The molecule has 1 aromatic carbocycles. The number of benzene rings is 1. The van der Waals surface area contributed by atoms with Crippen LogP contribution in [0.3, 0.4) is 0 Å². The lowest BCUT2D eigenvalue weighted by Crippen LogP contribution is -2.26. The van der Waals surface area contributed by atoms with Gasteiger partial charge in [-0.05, 0) is 48.9 Å². The predicted molar refractivity (Wildman–Crippen MR) is 135 cm³/mol. The number of amides is 1. The van der Waals surface area contributed by atoms with Gasteiger partial charge >= 0.3 is 0 Å². The number of anilines is 3. The number of hydrogen-bond donors (Lipinski definition) is 3. The van der Waals surface area contributed by atoms with Gasteiger partial charge in [-0.15, -0.1) is 0 Å². The highest BCUT2D eigenvalue weighted by Gasteiger charge is 2.23. The Morgan fingerprint density at radius 1 is 1.03 bits per heavy atom. The molecule has 1 saturated heterocycles. The number of aryl methyl sites for hydroxylation is 1. The largest absolute Gasteiger partial charge is 0.380 e. The minimum atomic E-state index is -0.200. The van der Waals surface area contributed by atoms with Crippen molar-refractivity contribution >= 4 is 34.3 Å². The van der Waals surface area contributed by atoms with Crippen molar-refractivity contribution in [1.29, 1.82) is 0 Å². The summed E-state index contributed by atoms with van der Waals surface area (Å²) in [7, 11) is 0. The molecule has 0 unspecified atom stereocenters. The third-order valence-electron chi connectivity index (χ3n) is 6.13. The molecule has 1 fully saturated rings.